The number of hydrogen-bond acceptors (Lipinski definition) is 3. The van der Waals surface area contributed by atoms with Crippen LogP contribution in [-0.4, -0.2) is 24.2 Å². The lowest BCUT2D eigenvalue weighted by atomic mass is 10.1. The topological polar surface area (TPSA) is 41.1 Å². The Bertz CT molecular complexity index is 408. The minimum atomic E-state index is 0. The molecule has 1 heterocycles. The molecule has 0 saturated carbocycles. The van der Waals surface area contributed by atoms with Gasteiger partial charge in [0.05, 0.1) is 0 Å². The second kappa shape index (κ2) is 8.46. The van der Waals surface area contributed by atoms with E-state index in [0.717, 1.165) is 24.4 Å². The van der Waals surface area contributed by atoms with Gasteiger partial charge in [0, 0.05) is 23.0 Å². The SMILES string of the molecule is CCSc1cccc(NC(=O)CC2CCCN2)c1.Cl. The summed E-state index contributed by atoms with van der Waals surface area (Å²) < 4.78 is 0. The molecule has 19 heavy (non-hydrogen) atoms. The molecule has 1 amide bonds. The van der Waals surface area contributed by atoms with Crippen LogP contribution in [0.1, 0.15) is 26.2 Å². The van der Waals surface area contributed by atoms with Crippen LogP contribution in [0.2, 0.25) is 0 Å². The van der Waals surface area contributed by atoms with Crippen LogP contribution in [-0.2, 0) is 4.79 Å². The number of carbonyl (C=O) groups excluding carboxylic acids is 1. The smallest absolute Gasteiger partial charge is 0.225 e. The molecule has 2 N–H and O–H groups in total. The van der Waals surface area contributed by atoms with Gasteiger partial charge >= 0.3 is 0 Å². The maximum atomic E-state index is 11.9. The Kier molecular flexibility index (Phi) is 7.28. The van der Waals surface area contributed by atoms with Gasteiger partial charge in [-0.3, -0.25) is 4.79 Å². The van der Waals surface area contributed by atoms with Crippen LogP contribution in [0, 0.1) is 0 Å². The molecule has 5 heteroatoms. The van der Waals surface area contributed by atoms with Gasteiger partial charge in [0.15, 0.2) is 0 Å². The molecular weight excluding hydrogens is 280 g/mol. The molecule has 2 rings (SSSR count). The van der Waals surface area contributed by atoms with Crippen molar-refractivity contribution >= 4 is 35.8 Å². The van der Waals surface area contributed by atoms with Crippen LogP contribution in [0.3, 0.4) is 0 Å². The van der Waals surface area contributed by atoms with E-state index in [9.17, 15) is 4.79 Å². The summed E-state index contributed by atoms with van der Waals surface area (Å²) >= 11 is 1.79. The Morgan fingerprint density at radius 1 is 1.53 bits per heavy atom. The summed E-state index contributed by atoms with van der Waals surface area (Å²) in [4.78, 5) is 13.1. The van der Waals surface area contributed by atoms with Crippen LogP contribution in [0.5, 0.6) is 0 Å². The molecule has 0 bridgehead atoms. The maximum absolute atomic E-state index is 11.9. The minimum absolute atomic E-state index is 0. The van der Waals surface area contributed by atoms with E-state index in [1.54, 1.807) is 11.8 Å². The molecule has 1 aromatic carbocycles. The fourth-order valence-electron chi connectivity index (χ4n) is 2.20. The van der Waals surface area contributed by atoms with Crippen molar-refractivity contribution in [3.63, 3.8) is 0 Å². The second-order valence-corrected chi connectivity index (χ2v) is 5.84. The lowest BCUT2D eigenvalue weighted by Crippen LogP contribution is -2.27. The highest BCUT2D eigenvalue weighted by Crippen LogP contribution is 2.21. The normalized spacial score (nSPS) is 17.8. The average Bonchev–Trinajstić information content (AvgIpc) is 2.82. The zero-order valence-corrected chi connectivity index (χ0v) is 12.8. The lowest BCUT2D eigenvalue weighted by molar-refractivity contribution is -0.116. The van der Waals surface area contributed by atoms with Gasteiger partial charge in [-0.25, -0.2) is 0 Å². The number of benzene rings is 1. The van der Waals surface area contributed by atoms with Crippen LogP contribution in [0.4, 0.5) is 5.69 Å². The summed E-state index contributed by atoms with van der Waals surface area (Å²) in [5.41, 5.74) is 0.899. The largest absolute Gasteiger partial charge is 0.326 e. The number of nitrogens with one attached hydrogen (secondary N) is 2. The van der Waals surface area contributed by atoms with Crippen molar-refractivity contribution < 1.29 is 4.79 Å². The molecule has 1 aromatic rings. The fraction of sp³-hybridized carbons (Fsp3) is 0.500. The summed E-state index contributed by atoms with van der Waals surface area (Å²) in [5, 5.41) is 6.32. The summed E-state index contributed by atoms with van der Waals surface area (Å²) in [5.74, 6) is 1.15. The zero-order valence-electron chi connectivity index (χ0n) is 11.1. The molecule has 0 spiro atoms. The third-order valence-corrected chi connectivity index (χ3v) is 3.90. The first-order valence-corrected chi connectivity index (χ1v) is 7.52. The molecule has 0 aromatic heterocycles. The average molecular weight is 301 g/mol. The standard InChI is InChI=1S/C14H20N2OS.ClH/c1-2-18-13-7-3-5-12(9-13)16-14(17)10-11-6-4-8-15-11;/h3,5,7,9,11,15H,2,4,6,8,10H2,1H3,(H,16,17);1H. The van der Waals surface area contributed by atoms with E-state index >= 15 is 0 Å². The van der Waals surface area contributed by atoms with Gasteiger partial charge < -0.3 is 10.6 Å². The van der Waals surface area contributed by atoms with Crippen molar-refractivity contribution in [3.05, 3.63) is 24.3 Å². The fourth-order valence-corrected chi connectivity index (χ4v) is 2.92. The quantitative estimate of drug-likeness (QED) is 0.820. The summed E-state index contributed by atoms with van der Waals surface area (Å²) in [7, 11) is 0. The summed E-state index contributed by atoms with van der Waals surface area (Å²) in [6.45, 7) is 3.17. The molecule has 3 nitrogen and oxygen atoms in total. The molecule has 1 aliphatic heterocycles. The molecule has 1 saturated heterocycles. The monoisotopic (exact) mass is 300 g/mol. The van der Waals surface area contributed by atoms with Crippen molar-refractivity contribution in [1.82, 2.24) is 5.32 Å². The molecule has 1 fully saturated rings. The van der Waals surface area contributed by atoms with E-state index in [-0.39, 0.29) is 18.3 Å². The highest BCUT2D eigenvalue weighted by molar-refractivity contribution is 7.99. The van der Waals surface area contributed by atoms with Crippen molar-refractivity contribution in [1.29, 1.82) is 0 Å². The molecule has 1 unspecified atom stereocenters. The molecule has 0 radical (unpaired) electrons. The van der Waals surface area contributed by atoms with Gasteiger partial charge in [-0.2, -0.15) is 0 Å². The Morgan fingerprint density at radius 2 is 2.37 bits per heavy atom. The number of carbonyl (C=O) groups is 1. The van der Waals surface area contributed by atoms with Crippen LogP contribution >= 0.6 is 24.2 Å². The van der Waals surface area contributed by atoms with E-state index in [1.807, 2.05) is 18.2 Å². The van der Waals surface area contributed by atoms with Crippen LogP contribution in [0.15, 0.2) is 29.2 Å². The van der Waals surface area contributed by atoms with E-state index < -0.39 is 0 Å². The maximum Gasteiger partial charge on any atom is 0.225 e. The van der Waals surface area contributed by atoms with E-state index in [4.69, 9.17) is 0 Å². The first-order valence-electron chi connectivity index (χ1n) is 6.54. The number of anilines is 1. The summed E-state index contributed by atoms with van der Waals surface area (Å²) in [6, 6.07) is 8.40. The van der Waals surface area contributed by atoms with Crippen LogP contribution < -0.4 is 10.6 Å². The first kappa shape index (κ1) is 16.3. The molecule has 1 atom stereocenters. The predicted molar refractivity (Wildman–Crippen MR) is 84.4 cm³/mol. The van der Waals surface area contributed by atoms with Gasteiger partial charge in [0.1, 0.15) is 0 Å². The lowest BCUT2D eigenvalue weighted by Gasteiger charge is -2.11. The third-order valence-electron chi connectivity index (χ3n) is 3.02. The minimum Gasteiger partial charge on any atom is -0.326 e. The van der Waals surface area contributed by atoms with Crippen LogP contribution in [0.25, 0.3) is 0 Å². The molecule has 106 valence electrons. The number of amides is 1. The van der Waals surface area contributed by atoms with Crippen molar-refractivity contribution in [2.75, 3.05) is 17.6 Å². The van der Waals surface area contributed by atoms with Gasteiger partial charge in [0.2, 0.25) is 5.91 Å². The Labute approximate surface area is 125 Å². The number of thioether (sulfide) groups is 1. The van der Waals surface area contributed by atoms with E-state index in [1.165, 1.54) is 11.3 Å². The first-order chi connectivity index (χ1) is 8.78. The molecule has 1 aliphatic rings. The summed E-state index contributed by atoms with van der Waals surface area (Å²) in [6.07, 6.45) is 2.87. The Balaban J connectivity index is 0.00000180. The van der Waals surface area contributed by atoms with Gasteiger partial charge in [0.25, 0.3) is 0 Å². The zero-order chi connectivity index (χ0) is 12.8. The Hall–Kier alpha value is -0.710. The van der Waals surface area contributed by atoms with E-state index in [2.05, 4.69) is 23.6 Å². The molecule has 0 aliphatic carbocycles. The van der Waals surface area contributed by atoms with Gasteiger partial charge in [-0.15, -0.1) is 24.2 Å². The highest BCUT2D eigenvalue weighted by atomic mass is 35.5. The van der Waals surface area contributed by atoms with Crippen molar-refractivity contribution in [3.8, 4) is 0 Å². The Morgan fingerprint density at radius 3 is 3.05 bits per heavy atom. The van der Waals surface area contributed by atoms with E-state index in [0.29, 0.717) is 12.5 Å². The van der Waals surface area contributed by atoms with Gasteiger partial charge in [-0.1, -0.05) is 13.0 Å². The number of hydrogen-bond donors (Lipinski definition) is 2. The van der Waals surface area contributed by atoms with Crippen molar-refractivity contribution in [2.45, 2.75) is 37.1 Å². The second-order valence-electron chi connectivity index (χ2n) is 4.51. The third kappa shape index (κ3) is 5.43. The predicted octanol–water partition coefficient (Wildman–Crippen LogP) is 3.30. The van der Waals surface area contributed by atoms with Gasteiger partial charge in [-0.05, 0) is 43.3 Å². The number of halogens is 1. The molecular formula is C14H21ClN2OS. The number of rotatable bonds is 5. The van der Waals surface area contributed by atoms with Crippen molar-refractivity contribution in [2.24, 2.45) is 0 Å². The highest BCUT2D eigenvalue weighted by Gasteiger charge is 2.17.